The number of nitrogens with zero attached hydrogens (tertiary/aromatic N) is 3. The monoisotopic (exact) mass is 612 g/mol. The van der Waals surface area contributed by atoms with Crippen LogP contribution in [0.3, 0.4) is 0 Å². The van der Waals surface area contributed by atoms with Crippen LogP contribution in [-0.2, 0) is 19.7 Å². The van der Waals surface area contributed by atoms with Gasteiger partial charge in [0.25, 0.3) is 5.91 Å². The largest absolute Gasteiger partial charge is 0.444 e. The lowest BCUT2D eigenvalue weighted by Gasteiger charge is -2.37. The van der Waals surface area contributed by atoms with Crippen molar-refractivity contribution >= 4 is 35.2 Å². The van der Waals surface area contributed by atoms with Crippen LogP contribution >= 0.6 is 11.6 Å². The molecule has 1 aliphatic heterocycles. The topological polar surface area (TPSA) is 112 Å². The third-order valence-corrected chi connectivity index (χ3v) is 8.26. The van der Waals surface area contributed by atoms with Crippen molar-refractivity contribution in [2.45, 2.75) is 115 Å². The average molecular weight is 613 g/mol. The summed E-state index contributed by atoms with van der Waals surface area (Å²) in [6, 6.07) is 6.72. The normalized spacial score (nSPS) is 20.4. The third kappa shape index (κ3) is 8.06. The standard InChI is InChI=1S/C33H45ClN4O5/c1-32(2,3)22-14-15-26(25(34)17-22)38(30(41)27-18-24(39)20-37(27)31(42)43-33(4,5)6)28(21-11-10-16-35-19-21)29(40)36-23-12-8-7-9-13-23/h10-11,14-17,19,23-24,27-28,39H,7-9,12-13,18,20H2,1-6H3,(H,36,40). The van der Waals surface area contributed by atoms with Gasteiger partial charge in [0.15, 0.2) is 0 Å². The molecule has 3 unspecified atom stereocenters. The number of anilines is 1. The van der Waals surface area contributed by atoms with Gasteiger partial charge in [-0.1, -0.05) is 63.8 Å². The van der Waals surface area contributed by atoms with Crippen molar-refractivity contribution in [2.24, 2.45) is 0 Å². The van der Waals surface area contributed by atoms with E-state index in [1.807, 2.05) is 12.1 Å². The predicted octanol–water partition coefficient (Wildman–Crippen LogP) is 5.93. The number of rotatable bonds is 6. The van der Waals surface area contributed by atoms with E-state index in [4.69, 9.17) is 16.3 Å². The van der Waals surface area contributed by atoms with Gasteiger partial charge in [0.2, 0.25) is 5.91 Å². The molecule has 4 rings (SSSR count). The van der Waals surface area contributed by atoms with Crippen molar-refractivity contribution in [1.82, 2.24) is 15.2 Å². The SMILES string of the molecule is CC(C)(C)OC(=O)N1CC(O)CC1C(=O)N(c1ccc(C(C)(C)C)cc1Cl)C(C(=O)NC1CCCCC1)c1cccnc1. The Morgan fingerprint density at radius 2 is 1.79 bits per heavy atom. The summed E-state index contributed by atoms with van der Waals surface area (Å²) in [6.07, 6.45) is 6.43. The van der Waals surface area contributed by atoms with Gasteiger partial charge in [-0.3, -0.25) is 24.4 Å². The van der Waals surface area contributed by atoms with Gasteiger partial charge >= 0.3 is 6.09 Å². The number of aliphatic hydroxyl groups excluding tert-OH is 1. The zero-order valence-electron chi connectivity index (χ0n) is 26.1. The van der Waals surface area contributed by atoms with Crippen molar-refractivity contribution in [3.8, 4) is 0 Å². The zero-order chi connectivity index (χ0) is 31.5. The number of hydrogen-bond acceptors (Lipinski definition) is 6. The molecule has 1 saturated carbocycles. The fourth-order valence-corrected chi connectivity index (χ4v) is 6.04. The molecule has 3 atom stereocenters. The molecular weight excluding hydrogens is 568 g/mol. The molecule has 43 heavy (non-hydrogen) atoms. The summed E-state index contributed by atoms with van der Waals surface area (Å²) in [5.74, 6) is -0.896. The summed E-state index contributed by atoms with van der Waals surface area (Å²) < 4.78 is 5.60. The second-order valence-corrected chi connectivity index (χ2v) is 14.1. The van der Waals surface area contributed by atoms with E-state index in [0.717, 1.165) is 37.7 Å². The molecule has 0 bridgehead atoms. The minimum Gasteiger partial charge on any atom is -0.444 e. The van der Waals surface area contributed by atoms with E-state index in [1.54, 1.807) is 51.4 Å². The molecule has 2 fully saturated rings. The highest BCUT2D eigenvalue weighted by Gasteiger charge is 2.46. The number of nitrogens with one attached hydrogen (secondary N) is 1. The lowest BCUT2D eigenvalue weighted by Crippen LogP contribution is -2.53. The first-order valence-corrected chi connectivity index (χ1v) is 15.5. The number of aliphatic hydroxyl groups is 1. The molecule has 3 amide bonds. The first kappa shape index (κ1) is 32.7. The van der Waals surface area contributed by atoms with E-state index >= 15 is 0 Å². The number of β-amino-alcohol motifs (C(OH)–C–C–N with tert-alkyl or cyclic N) is 1. The number of carbonyl (C=O) groups is 3. The molecule has 2 aliphatic rings. The van der Waals surface area contributed by atoms with Crippen molar-refractivity contribution in [1.29, 1.82) is 0 Å². The number of benzene rings is 1. The molecule has 0 radical (unpaired) electrons. The third-order valence-electron chi connectivity index (χ3n) is 7.96. The number of carbonyl (C=O) groups excluding carboxylic acids is 3. The van der Waals surface area contributed by atoms with Crippen LogP contribution in [0.1, 0.15) is 97.2 Å². The van der Waals surface area contributed by atoms with E-state index in [-0.39, 0.29) is 30.3 Å². The summed E-state index contributed by atoms with van der Waals surface area (Å²) in [7, 11) is 0. The van der Waals surface area contributed by atoms with Gasteiger partial charge in [-0.25, -0.2) is 4.79 Å². The molecule has 2 heterocycles. The van der Waals surface area contributed by atoms with E-state index in [2.05, 4.69) is 31.1 Å². The fourth-order valence-electron chi connectivity index (χ4n) is 5.77. The van der Waals surface area contributed by atoms with Crippen LogP contribution in [0, 0.1) is 0 Å². The second-order valence-electron chi connectivity index (χ2n) is 13.7. The fraction of sp³-hybridized carbons (Fsp3) is 0.576. The van der Waals surface area contributed by atoms with Crippen LogP contribution in [-0.4, -0.2) is 63.2 Å². The lowest BCUT2D eigenvalue weighted by molar-refractivity contribution is -0.129. The zero-order valence-corrected chi connectivity index (χ0v) is 26.9. The van der Waals surface area contributed by atoms with Crippen LogP contribution < -0.4 is 10.2 Å². The number of likely N-dealkylation sites (tertiary alicyclic amines) is 1. The van der Waals surface area contributed by atoms with Gasteiger partial charge in [0, 0.05) is 30.4 Å². The molecule has 1 aliphatic carbocycles. The van der Waals surface area contributed by atoms with Crippen molar-refractivity contribution in [3.05, 3.63) is 58.9 Å². The number of aromatic nitrogens is 1. The summed E-state index contributed by atoms with van der Waals surface area (Å²) in [5, 5.41) is 14.1. The van der Waals surface area contributed by atoms with Crippen molar-refractivity contribution < 1.29 is 24.2 Å². The van der Waals surface area contributed by atoms with Crippen LogP contribution in [0.2, 0.25) is 5.02 Å². The van der Waals surface area contributed by atoms with Crippen molar-refractivity contribution in [3.63, 3.8) is 0 Å². The Hall–Kier alpha value is -3.17. The summed E-state index contributed by atoms with van der Waals surface area (Å²) in [5.41, 5.74) is 0.786. The number of hydrogen-bond donors (Lipinski definition) is 2. The van der Waals surface area contributed by atoms with Gasteiger partial charge in [-0.2, -0.15) is 0 Å². The second kappa shape index (κ2) is 13.2. The highest BCUT2D eigenvalue weighted by atomic mass is 35.5. The number of halogens is 1. The quantitative estimate of drug-likeness (QED) is 0.418. The van der Waals surface area contributed by atoms with Crippen LogP contribution in [0.5, 0.6) is 0 Å². The van der Waals surface area contributed by atoms with Gasteiger partial charge in [-0.15, -0.1) is 0 Å². The maximum absolute atomic E-state index is 14.7. The molecule has 1 aromatic heterocycles. The summed E-state index contributed by atoms with van der Waals surface area (Å²) in [6.45, 7) is 11.4. The summed E-state index contributed by atoms with van der Waals surface area (Å²) in [4.78, 5) is 49.1. The van der Waals surface area contributed by atoms with Crippen LogP contribution in [0.15, 0.2) is 42.7 Å². The number of ether oxygens (including phenoxy) is 1. The molecule has 2 aromatic rings. The van der Waals surface area contributed by atoms with Crippen molar-refractivity contribution in [2.75, 3.05) is 11.4 Å². The van der Waals surface area contributed by atoms with Gasteiger partial charge in [-0.05, 0) is 62.8 Å². The average Bonchev–Trinajstić information content (AvgIpc) is 3.33. The van der Waals surface area contributed by atoms with Crippen LogP contribution in [0.4, 0.5) is 10.5 Å². The van der Waals surface area contributed by atoms with Gasteiger partial charge in [0.05, 0.1) is 23.4 Å². The highest BCUT2D eigenvalue weighted by Crippen LogP contribution is 2.38. The van der Waals surface area contributed by atoms with Gasteiger partial charge in [0.1, 0.15) is 17.7 Å². The number of pyridine rings is 1. The van der Waals surface area contributed by atoms with Crippen LogP contribution in [0.25, 0.3) is 0 Å². The van der Waals surface area contributed by atoms with E-state index in [1.165, 1.54) is 9.80 Å². The number of amides is 3. The first-order valence-electron chi connectivity index (χ1n) is 15.2. The first-order chi connectivity index (χ1) is 20.2. The molecule has 1 aromatic carbocycles. The van der Waals surface area contributed by atoms with E-state index in [9.17, 15) is 19.5 Å². The Balaban J connectivity index is 1.83. The predicted molar refractivity (Wildman–Crippen MR) is 167 cm³/mol. The minimum absolute atomic E-state index is 0.00370. The van der Waals surface area contributed by atoms with Gasteiger partial charge < -0.3 is 15.2 Å². The molecule has 0 spiro atoms. The molecule has 234 valence electrons. The molecular formula is C33H45ClN4O5. The van der Waals surface area contributed by atoms with E-state index < -0.39 is 35.8 Å². The van der Waals surface area contributed by atoms with E-state index in [0.29, 0.717) is 16.3 Å². The molecule has 2 N–H and O–H groups in total. The smallest absolute Gasteiger partial charge is 0.411 e. The molecule has 1 saturated heterocycles. The minimum atomic E-state index is -1.13. The molecule has 9 nitrogen and oxygen atoms in total. The Morgan fingerprint density at radius 3 is 2.37 bits per heavy atom. The highest BCUT2D eigenvalue weighted by molar-refractivity contribution is 6.34. The Morgan fingerprint density at radius 1 is 1.09 bits per heavy atom. The Kier molecular flexibility index (Phi) is 10.1. The summed E-state index contributed by atoms with van der Waals surface area (Å²) >= 11 is 6.93. The Bertz CT molecular complexity index is 1300. The maximum atomic E-state index is 14.7. The molecule has 10 heteroatoms. The Labute approximate surface area is 259 Å². The lowest BCUT2D eigenvalue weighted by atomic mass is 9.87. The maximum Gasteiger partial charge on any atom is 0.411 e.